The lowest BCUT2D eigenvalue weighted by atomic mass is 10.2. The van der Waals surface area contributed by atoms with Crippen LogP contribution in [0.5, 0.6) is 0 Å². The SMILES string of the molecule is N#CCCCS(=O)(=O)Cc1ccc(Br)c(Cl)c1. The van der Waals surface area contributed by atoms with Crippen LogP contribution in [0.2, 0.25) is 5.02 Å². The summed E-state index contributed by atoms with van der Waals surface area (Å²) in [6.07, 6.45) is 0.642. The molecule has 0 amide bonds. The monoisotopic (exact) mass is 335 g/mol. The Kier molecular flexibility index (Phi) is 5.44. The average Bonchev–Trinajstić information content (AvgIpc) is 2.23. The molecule has 0 atom stereocenters. The molecule has 6 heteroatoms. The van der Waals surface area contributed by atoms with Crippen LogP contribution in [0.1, 0.15) is 18.4 Å². The molecular weight excluding hydrogens is 326 g/mol. The van der Waals surface area contributed by atoms with Crippen molar-refractivity contribution in [3.05, 3.63) is 33.3 Å². The first-order valence-corrected chi connectivity index (χ1v) is 7.95. The number of rotatable bonds is 5. The summed E-state index contributed by atoms with van der Waals surface area (Å²) in [5.74, 6) is -0.000326. The molecular formula is C11H11BrClNO2S. The molecule has 1 aromatic carbocycles. The Morgan fingerprint density at radius 3 is 2.71 bits per heavy atom. The summed E-state index contributed by atoms with van der Waals surface area (Å²) in [6, 6.07) is 7.01. The van der Waals surface area contributed by atoms with Gasteiger partial charge in [-0.25, -0.2) is 8.42 Å². The highest BCUT2D eigenvalue weighted by Gasteiger charge is 2.12. The van der Waals surface area contributed by atoms with Gasteiger partial charge in [-0.05, 0) is 40.0 Å². The summed E-state index contributed by atoms with van der Waals surface area (Å²) in [5, 5.41) is 8.85. The minimum atomic E-state index is -3.16. The van der Waals surface area contributed by atoms with E-state index >= 15 is 0 Å². The van der Waals surface area contributed by atoms with E-state index in [0.29, 0.717) is 17.0 Å². The van der Waals surface area contributed by atoms with Gasteiger partial charge in [-0.2, -0.15) is 5.26 Å². The highest BCUT2D eigenvalue weighted by atomic mass is 79.9. The first-order valence-electron chi connectivity index (χ1n) is 4.96. The first-order chi connectivity index (χ1) is 7.94. The summed E-state index contributed by atoms with van der Waals surface area (Å²) in [4.78, 5) is 0. The molecule has 0 bridgehead atoms. The second kappa shape index (κ2) is 6.39. The van der Waals surface area contributed by atoms with E-state index in [1.165, 1.54) is 0 Å². The summed E-state index contributed by atoms with van der Waals surface area (Å²) in [5.41, 5.74) is 0.662. The molecule has 0 aliphatic heterocycles. The van der Waals surface area contributed by atoms with Crippen LogP contribution in [-0.2, 0) is 15.6 Å². The third-order valence-electron chi connectivity index (χ3n) is 2.11. The van der Waals surface area contributed by atoms with Gasteiger partial charge in [-0.3, -0.25) is 0 Å². The highest BCUT2D eigenvalue weighted by Crippen LogP contribution is 2.24. The lowest BCUT2D eigenvalue weighted by Crippen LogP contribution is -2.09. The average molecular weight is 337 g/mol. The van der Waals surface area contributed by atoms with E-state index in [9.17, 15) is 8.42 Å². The lowest BCUT2D eigenvalue weighted by Gasteiger charge is -2.04. The van der Waals surface area contributed by atoms with E-state index in [0.717, 1.165) is 4.47 Å². The zero-order valence-corrected chi connectivity index (χ0v) is 12.1. The molecule has 0 aromatic heterocycles. The molecule has 17 heavy (non-hydrogen) atoms. The normalized spacial score (nSPS) is 11.1. The van der Waals surface area contributed by atoms with Crippen molar-refractivity contribution in [2.45, 2.75) is 18.6 Å². The molecule has 0 saturated heterocycles. The third-order valence-corrected chi connectivity index (χ3v) is 5.03. The second-order valence-corrected chi connectivity index (χ2v) is 7.05. The fourth-order valence-electron chi connectivity index (χ4n) is 1.33. The minimum absolute atomic E-state index is 0.0360. The molecule has 0 aliphatic rings. The van der Waals surface area contributed by atoms with E-state index in [1.807, 2.05) is 6.07 Å². The van der Waals surface area contributed by atoms with Gasteiger partial charge in [-0.15, -0.1) is 0 Å². The summed E-state index contributed by atoms with van der Waals surface area (Å²) in [6.45, 7) is 0. The predicted molar refractivity (Wildman–Crippen MR) is 71.5 cm³/mol. The summed E-state index contributed by atoms with van der Waals surface area (Å²) < 4.78 is 24.2. The topological polar surface area (TPSA) is 57.9 Å². The van der Waals surface area contributed by atoms with Gasteiger partial charge in [0.05, 0.1) is 22.6 Å². The Balaban J connectivity index is 2.70. The number of nitriles is 1. The van der Waals surface area contributed by atoms with Gasteiger partial charge in [0.2, 0.25) is 0 Å². The van der Waals surface area contributed by atoms with Crippen molar-refractivity contribution in [3.63, 3.8) is 0 Å². The van der Waals surface area contributed by atoms with Gasteiger partial charge < -0.3 is 0 Å². The maximum absolute atomic E-state index is 11.7. The minimum Gasteiger partial charge on any atom is -0.228 e. The number of sulfone groups is 1. The van der Waals surface area contributed by atoms with Crippen LogP contribution in [0.3, 0.4) is 0 Å². The van der Waals surface area contributed by atoms with Crippen LogP contribution < -0.4 is 0 Å². The van der Waals surface area contributed by atoms with Crippen LogP contribution >= 0.6 is 27.5 Å². The van der Waals surface area contributed by atoms with Gasteiger partial charge in [-0.1, -0.05) is 17.7 Å². The lowest BCUT2D eigenvalue weighted by molar-refractivity contribution is 0.593. The summed E-state index contributed by atoms with van der Waals surface area (Å²) >= 11 is 9.13. The Hall–Kier alpha value is -0.570. The maximum Gasteiger partial charge on any atom is 0.154 e. The molecule has 0 heterocycles. The molecule has 0 aliphatic carbocycles. The fraction of sp³-hybridized carbons (Fsp3) is 0.364. The molecule has 0 fully saturated rings. The Morgan fingerprint density at radius 2 is 2.12 bits per heavy atom. The first kappa shape index (κ1) is 14.5. The van der Waals surface area contributed by atoms with E-state index < -0.39 is 9.84 Å². The molecule has 92 valence electrons. The van der Waals surface area contributed by atoms with Crippen LogP contribution in [-0.4, -0.2) is 14.2 Å². The van der Waals surface area contributed by atoms with Gasteiger partial charge in [0.15, 0.2) is 9.84 Å². The molecule has 1 rings (SSSR count). The number of unbranched alkanes of at least 4 members (excludes halogenated alkanes) is 1. The highest BCUT2D eigenvalue weighted by molar-refractivity contribution is 9.10. The van der Waals surface area contributed by atoms with Gasteiger partial charge in [0.1, 0.15) is 0 Å². The molecule has 3 nitrogen and oxygen atoms in total. The fourth-order valence-corrected chi connectivity index (χ4v) is 3.19. The predicted octanol–water partition coefficient (Wildman–Crippen LogP) is 3.32. The van der Waals surface area contributed by atoms with Gasteiger partial charge in [0.25, 0.3) is 0 Å². The van der Waals surface area contributed by atoms with Crippen LogP contribution in [0, 0.1) is 11.3 Å². The number of halogens is 2. The van der Waals surface area contributed by atoms with Crippen molar-refractivity contribution >= 4 is 37.4 Å². The van der Waals surface area contributed by atoms with E-state index in [-0.39, 0.29) is 17.9 Å². The van der Waals surface area contributed by atoms with E-state index in [4.69, 9.17) is 16.9 Å². The number of hydrogen-bond donors (Lipinski definition) is 0. The van der Waals surface area contributed by atoms with Crippen molar-refractivity contribution in [1.82, 2.24) is 0 Å². The standard InChI is InChI=1S/C11H11BrClNO2S/c12-10-4-3-9(7-11(10)13)8-17(15,16)6-2-1-5-14/h3-4,7H,1-2,6,8H2. The van der Waals surface area contributed by atoms with Gasteiger partial charge in [0, 0.05) is 10.9 Å². The van der Waals surface area contributed by atoms with Crippen molar-refractivity contribution in [1.29, 1.82) is 5.26 Å². The van der Waals surface area contributed by atoms with Crippen molar-refractivity contribution in [3.8, 4) is 6.07 Å². The van der Waals surface area contributed by atoms with Crippen LogP contribution in [0.25, 0.3) is 0 Å². The Labute approximate surface area is 114 Å². The summed E-state index contributed by atoms with van der Waals surface area (Å²) in [7, 11) is -3.16. The molecule has 0 radical (unpaired) electrons. The molecule has 0 unspecified atom stereocenters. The van der Waals surface area contributed by atoms with Crippen molar-refractivity contribution < 1.29 is 8.42 Å². The quantitative estimate of drug-likeness (QED) is 0.775. The third kappa shape index (κ3) is 5.07. The van der Waals surface area contributed by atoms with E-state index in [2.05, 4.69) is 15.9 Å². The van der Waals surface area contributed by atoms with Crippen LogP contribution in [0.4, 0.5) is 0 Å². The second-order valence-electron chi connectivity index (χ2n) is 3.60. The number of hydrogen-bond acceptors (Lipinski definition) is 3. The molecule has 1 aromatic rings. The maximum atomic E-state index is 11.7. The molecule has 0 spiro atoms. The van der Waals surface area contributed by atoms with Crippen molar-refractivity contribution in [2.75, 3.05) is 5.75 Å². The van der Waals surface area contributed by atoms with Crippen LogP contribution in [0.15, 0.2) is 22.7 Å². The Bertz CT molecular complexity index is 537. The largest absolute Gasteiger partial charge is 0.228 e. The van der Waals surface area contributed by atoms with Gasteiger partial charge >= 0.3 is 0 Å². The molecule has 0 saturated carbocycles. The number of nitrogens with zero attached hydrogens (tertiary/aromatic N) is 1. The smallest absolute Gasteiger partial charge is 0.154 e. The zero-order chi connectivity index (χ0) is 12.9. The Morgan fingerprint density at radius 1 is 1.41 bits per heavy atom. The molecule has 0 N–H and O–H groups in total. The zero-order valence-electron chi connectivity index (χ0n) is 8.99. The van der Waals surface area contributed by atoms with E-state index in [1.54, 1.807) is 18.2 Å². The van der Waals surface area contributed by atoms with Crippen molar-refractivity contribution in [2.24, 2.45) is 0 Å². The number of benzene rings is 1.